The lowest BCUT2D eigenvalue weighted by Crippen LogP contribution is -1.88. The van der Waals surface area contributed by atoms with E-state index in [0.29, 0.717) is 0 Å². The van der Waals surface area contributed by atoms with Crippen molar-refractivity contribution in [2.75, 3.05) is 0 Å². The van der Waals surface area contributed by atoms with Gasteiger partial charge in [0.25, 0.3) is 0 Å². The average Bonchev–Trinajstić information content (AvgIpc) is 2.00. The van der Waals surface area contributed by atoms with E-state index in [1.54, 1.807) is 13.0 Å². The van der Waals surface area contributed by atoms with Crippen molar-refractivity contribution in [2.45, 2.75) is 27.7 Å². The Kier molecular flexibility index (Phi) is 3.23. The fraction of sp³-hybridized carbons (Fsp3) is 0.308. The minimum absolute atomic E-state index is 0.0988. The summed E-state index contributed by atoms with van der Waals surface area (Å²) >= 11 is 0. The van der Waals surface area contributed by atoms with Gasteiger partial charge in [-0.1, -0.05) is 29.3 Å². The summed E-state index contributed by atoms with van der Waals surface area (Å²) in [5.41, 5.74) is 4.63. The summed E-state index contributed by atoms with van der Waals surface area (Å²) in [4.78, 5) is 10.9. The van der Waals surface area contributed by atoms with Crippen LogP contribution in [0.4, 0.5) is 0 Å². The molecule has 0 N–H and O–H groups in total. The summed E-state index contributed by atoms with van der Waals surface area (Å²) in [7, 11) is 0. The molecule has 0 aliphatic rings. The lowest BCUT2D eigenvalue weighted by Gasteiger charge is -2.04. The molecule has 1 aromatic carbocycles. The van der Waals surface area contributed by atoms with Crippen molar-refractivity contribution in [1.82, 2.24) is 0 Å². The van der Waals surface area contributed by atoms with Crippen LogP contribution >= 0.6 is 0 Å². The Bertz CT molecular complexity index is 366. The third kappa shape index (κ3) is 2.84. The number of hydrogen-bond acceptors (Lipinski definition) is 1. The first-order chi connectivity index (χ1) is 6.49. The van der Waals surface area contributed by atoms with Gasteiger partial charge < -0.3 is 0 Å². The van der Waals surface area contributed by atoms with Gasteiger partial charge in [0.05, 0.1) is 0 Å². The number of carbonyl (C=O) groups excluding carboxylic acids is 1. The van der Waals surface area contributed by atoms with Gasteiger partial charge in [0, 0.05) is 0 Å². The van der Waals surface area contributed by atoms with Crippen LogP contribution in [0.3, 0.4) is 0 Å². The highest BCUT2D eigenvalue weighted by molar-refractivity contribution is 5.94. The van der Waals surface area contributed by atoms with E-state index in [9.17, 15) is 4.79 Å². The first-order valence-corrected chi connectivity index (χ1v) is 4.76. The predicted molar refractivity (Wildman–Crippen MR) is 60.2 cm³/mol. The molecule has 0 atom stereocenters. The molecule has 0 radical (unpaired) electrons. The van der Waals surface area contributed by atoms with Gasteiger partial charge in [0.2, 0.25) is 0 Å². The van der Waals surface area contributed by atoms with Crippen molar-refractivity contribution in [3.63, 3.8) is 0 Å². The summed E-state index contributed by atoms with van der Waals surface area (Å²) < 4.78 is 0. The van der Waals surface area contributed by atoms with Crippen LogP contribution in [-0.2, 0) is 4.79 Å². The number of rotatable bonds is 2. The lowest BCUT2D eigenvalue weighted by molar-refractivity contribution is -0.112. The highest BCUT2D eigenvalue weighted by atomic mass is 16.1. The van der Waals surface area contributed by atoms with E-state index in [0.717, 1.165) is 11.1 Å². The minimum Gasteiger partial charge on any atom is -0.295 e. The van der Waals surface area contributed by atoms with Gasteiger partial charge in [-0.2, -0.15) is 0 Å². The van der Waals surface area contributed by atoms with Gasteiger partial charge >= 0.3 is 0 Å². The molecule has 0 aliphatic heterocycles. The first-order valence-electron chi connectivity index (χ1n) is 4.76. The molecule has 0 aromatic heterocycles. The first kappa shape index (κ1) is 10.7. The van der Waals surface area contributed by atoms with E-state index < -0.39 is 0 Å². The monoisotopic (exact) mass is 188 g/mol. The van der Waals surface area contributed by atoms with Gasteiger partial charge in [0.15, 0.2) is 5.78 Å². The van der Waals surface area contributed by atoms with Gasteiger partial charge in [0.1, 0.15) is 0 Å². The highest BCUT2D eigenvalue weighted by Crippen LogP contribution is 2.17. The van der Waals surface area contributed by atoms with E-state index in [4.69, 9.17) is 0 Å². The zero-order chi connectivity index (χ0) is 10.7. The molecule has 1 nitrogen and oxygen atoms in total. The zero-order valence-corrected chi connectivity index (χ0v) is 9.22. The van der Waals surface area contributed by atoms with Crippen molar-refractivity contribution < 1.29 is 4.79 Å². The fourth-order valence-electron chi connectivity index (χ4n) is 1.59. The average molecular weight is 188 g/mol. The van der Waals surface area contributed by atoms with E-state index in [-0.39, 0.29) is 5.78 Å². The maximum Gasteiger partial charge on any atom is 0.152 e. The molecule has 0 bridgehead atoms. The summed E-state index contributed by atoms with van der Waals surface area (Å²) in [5, 5.41) is 0. The van der Waals surface area contributed by atoms with Crippen LogP contribution in [0.1, 0.15) is 30.5 Å². The van der Waals surface area contributed by atoms with Crippen LogP contribution in [0.25, 0.3) is 5.57 Å². The Morgan fingerprint density at radius 3 is 2.00 bits per heavy atom. The largest absolute Gasteiger partial charge is 0.295 e. The Morgan fingerprint density at radius 1 is 1.07 bits per heavy atom. The molecule has 0 saturated heterocycles. The van der Waals surface area contributed by atoms with Crippen LogP contribution in [-0.4, -0.2) is 5.78 Å². The molecule has 0 saturated carbocycles. The summed E-state index contributed by atoms with van der Waals surface area (Å²) in [5.74, 6) is 0.0988. The van der Waals surface area contributed by atoms with E-state index in [2.05, 4.69) is 32.0 Å². The molecule has 0 unspecified atom stereocenters. The lowest BCUT2D eigenvalue weighted by atomic mass is 10.0. The maximum absolute atomic E-state index is 10.9. The quantitative estimate of drug-likeness (QED) is 0.651. The van der Waals surface area contributed by atoms with E-state index in [1.807, 2.05) is 6.92 Å². The molecule has 0 aliphatic carbocycles. The third-order valence-electron chi connectivity index (χ3n) is 2.10. The summed E-state index contributed by atoms with van der Waals surface area (Å²) in [6, 6.07) is 6.33. The number of benzene rings is 1. The van der Waals surface area contributed by atoms with Crippen LogP contribution in [0, 0.1) is 13.8 Å². The third-order valence-corrected chi connectivity index (χ3v) is 2.10. The minimum atomic E-state index is 0.0988. The molecule has 1 aromatic rings. The molecule has 14 heavy (non-hydrogen) atoms. The predicted octanol–water partition coefficient (Wildman–Crippen LogP) is 3.30. The van der Waals surface area contributed by atoms with E-state index >= 15 is 0 Å². The van der Waals surface area contributed by atoms with Crippen LogP contribution in [0.5, 0.6) is 0 Å². The van der Waals surface area contributed by atoms with Crippen molar-refractivity contribution in [3.8, 4) is 0 Å². The second-order valence-corrected chi connectivity index (χ2v) is 3.81. The second kappa shape index (κ2) is 4.23. The normalized spacial score (nSPS) is 11.6. The van der Waals surface area contributed by atoms with Gasteiger partial charge in [-0.3, -0.25) is 4.79 Å². The van der Waals surface area contributed by atoms with Crippen molar-refractivity contribution in [2.24, 2.45) is 0 Å². The molecule has 1 rings (SSSR count). The van der Waals surface area contributed by atoms with Crippen LogP contribution < -0.4 is 0 Å². The van der Waals surface area contributed by atoms with Gasteiger partial charge in [-0.25, -0.2) is 0 Å². The van der Waals surface area contributed by atoms with Crippen molar-refractivity contribution >= 4 is 11.4 Å². The topological polar surface area (TPSA) is 17.1 Å². The Labute approximate surface area is 85.5 Å². The van der Waals surface area contributed by atoms with Crippen molar-refractivity contribution in [1.29, 1.82) is 0 Å². The molecule has 1 heteroatoms. The zero-order valence-electron chi connectivity index (χ0n) is 9.22. The Hall–Kier alpha value is -1.37. The number of ketones is 1. The molecular formula is C13H16O. The molecular weight excluding hydrogens is 172 g/mol. The fourth-order valence-corrected chi connectivity index (χ4v) is 1.59. The highest BCUT2D eigenvalue weighted by Gasteiger charge is 1.98. The van der Waals surface area contributed by atoms with Gasteiger partial charge in [-0.15, -0.1) is 0 Å². The summed E-state index contributed by atoms with van der Waals surface area (Å²) in [6.07, 6.45) is 1.67. The smallest absolute Gasteiger partial charge is 0.152 e. The number of allylic oxidation sites excluding steroid dienone is 2. The molecule has 74 valence electrons. The molecule has 0 amide bonds. The molecule has 0 spiro atoms. The maximum atomic E-state index is 10.9. The van der Waals surface area contributed by atoms with Crippen molar-refractivity contribution in [3.05, 3.63) is 41.0 Å². The molecule has 0 fully saturated rings. The SMILES string of the molecule is CC(=O)/C=C(\C)c1cc(C)cc(C)c1. The standard InChI is InChI=1S/C13H16O/c1-9-5-10(2)7-13(6-9)11(3)8-12(4)14/h5-8H,1-4H3/b11-8+. The second-order valence-electron chi connectivity index (χ2n) is 3.81. The van der Waals surface area contributed by atoms with Gasteiger partial charge in [-0.05, 0) is 44.9 Å². The van der Waals surface area contributed by atoms with Crippen LogP contribution in [0.2, 0.25) is 0 Å². The molecule has 0 heterocycles. The van der Waals surface area contributed by atoms with Crippen LogP contribution in [0.15, 0.2) is 24.3 Å². The Balaban J connectivity index is 3.13. The Morgan fingerprint density at radius 2 is 1.57 bits per heavy atom. The van der Waals surface area contributed by atoms with E-state index in [1.165, 1.54) is 11.1 Å². The summed E-state index contributed by atoms with van der Waals surface area (Å²) in [6.45, 7) is 7.68. The number of carbonyl (C=O) groups is 1. The number of aryl methyl sites for hydroxylation is 2. The number of hydrogen-bond donors (Lipinski definition) is 0.